The Morgan fingerprint density at radius 2 is 2.00 bits per heavy atom. The number of aliphatic carboxylic acids is 1. The zero-order chi connectivity index (χ0) is 19.6. The number of hydrogen-bond acceptors (Lipinski definition) is 5. The van der Waals surface area contributed by atoms with E-state index in [0.717, 1.165) is 5.01 Å². The summed E-state index contributed by atoms with van der Waals surface area (Å²) in [6, 6.07) is 0. The molecule has 26 heavy (non-hydrogen) atoms. The molecule has 1 aromatic rings. The van der Waals surface area contributed by atoms with E-state index >= 15 is 0 Å². The topological polar surface area (TPSA) is 90.8 Å². The molecule has 1 N–H and O–H groups in total. The molecule has 0 aliphatic carbocycles. The molecule has 1 atom stereocenters. The summed E-state index contributed by atoms with van der Waals surface area (Å²) in [5, 5.41) is 10.0. The highest BCUT2D eigenvalue weighted by Crippen LogP contribution is 2.29. The molecule has 1 unspecified atom stereocenters. The summed E-state index contributed by atoms with van der Waals surface area (Å²) in [6.07, 6.45) is 1.26. The van der Waals surface area contributed by atoms with Gasteiger partial charge in [-0.2, -0.15) is 0 Å². The molecule has 7 nitrogen and oxygen atoms in total. The van der Waals surface area contributed by atoms with Gasteiger partial charge >= 0.3 is 5.97 Å². The summed E-state index contributed by atoms with van der Waals surface area (Å²) >= 11 is 1.36. The Morgan fingerprint density at radius 3 is 2.54 bits per heavy atom. The summed E-state index contributed by atoms with van der Waals surface area (Å²) in [5.74, 6) is -1.84. The van der Waals surface area contributed by atoms with E-state index in [2.05, 4.69) is 4.98 Å². The van der Waals surface area contributed by atoms with Crippen molar-refractivity contribution < 1.29 is 19.5 Å². The van der Waals surface area contributed by atoms with Crippen molar-refractivity contribution in [3.63, 3.8) is 0 Å². The van der Waals surface area contributed by atoms with Crippen molar-refractivity contribution >= 4 is 29.1 Å². The average Bonchev–Trinajstić information content (AvgIpc) is 2.96. The van der Waals surface area contributed by atoms with Crippen molar-refractivity contribution in [3.05, 3.63) is 15.6 Å². The lowest BCUT2D eigenvalue weighted by Gasteiger charge is -2.32. The number of carbonyl (C=O) groups is 3. The maximum absolute atomic E-state index is 12.7. The number of carboxylic acids is 1. The monoisotopic (exact) mass is 381 g/mol. The van der Waals surface area contributed by atoms with Crippen molar-refractivity contribution in [2.45, 2.75) is 46.0 Å². The first kappa shape index (κ1) is 20.4. The fourth-order valence-corrected chi connectivity index (χ4v) is 3.99. The van der Waals surface area contributed by atoms with Crippen molar-refractivity contribution in [2.24, 2.45) is 5.92 Å². The number of hydrogen-bond donors (Lipinski definition) is 1. The second-order valence-electron chi connectivity index (χ2n) is 7.86. The minimum absolute atomic E-state index is 0.0621. The number of carboxylic acid groups (broad SMARTS) is 1. The van der Waals surface area contributed by atoms with Crippen LogP contribution in [0.3, 0.4) is 0 Å². The molecule has 0 aromatic carbocycles. The van der Waals surface area contributed by atoms with Gasteiger partial charge in [0.05, 0.1) is 23.2 Å². The third-order valence-electron chi connectivity index (χ3n) is 4.47. The van der Waals surface area contributed by atoms with Gasteiger partial charge in [0.1, 0.15) is 4.88 Å². The zero-order valence-corrected chi connectivity index (χ0v) is 16.9. The van der Waals surface area contributed by atoms with Crippen LogP contribution in [0.2, 0.25) is 0 Å². The van der Waals surface area contributed by atoms with Gasteiger partial charge in [0.2, 0.25) is 5.91 Å². The van der Waals surface area contributed by atoms with Crippen LogP contribution >= 0.6 is 11.3 Å². The quantitative estimate of drug-likeness (QED) is 0.863. The standard InChI is InChI=1S/C18H27N3O4S/c1-11-14(26-17(19-11)18(2,3)4)15(23)20(5)10-13(22)21-8-6-7-12(9-21)16(24)25/h12H,6-10H2,1-5H3,(H,24,25). The minimum Gasteiger partial charge on any atom is -0.481 e. The number of piperidine rings is 1. The van der Waals surface area contributed by atoms with Crippen molar-refractivity contribution in [2.75, 3.05) is 26.7 Å². The lowest BCUT2D eigenvalue weighted by Crippen LogP contribution is -2.46. The predicted molar refractivity (Wildman–Crippen MR) is 99.5 cm³/mol. The van der Waals surface area contributed by atoms with E-state index in [1.807, 2.05) is 20.8 Å². The van der Waals surface area contributed by atoms with Gasteiger partial charge in [-0.05, 0) is 19.8 Å². The van der Waals surface area contributed by atoms with Crippen molar-refractivity contribution in [1.29, 1.82) is 0 Å². The number of nitrogens with zero attached hydrogens (tertiary/aromatic N) is 3. The number of rotatable bonds is 4. The Balaban J connectivity index is 2.04. The van der Waals surface area contributed by atoms with Crippen LogP contribution in [0, 0.1) is 12.8 Å². The van der Waals surface area contributed by atoms with Gasteiger partial charge in [0, 0.05) is 25.6 Å². The van der Waals surface area contributed by atoms with E-state index in [9.17, 15) is 14.4 Å². The maximum Gasteiger partial charge on any atom is 0.308 e. The van der Waals surface area contributed by atoms with Gasteiger partial charge in [-0.25, -0.2) is 4.98 Å². The van der Waals surface area contributed by atoms with Gasteiger partial charge in [-0.1, -0.05) is 20.8 Å². The minimum atomic E-state index is -0.873. The molecule has 1 fully saturated rings. The highest BCUT2D eigenvalue weighted by atomic mass is 32.1. The van der Waals surface area contributed by atoms with Crippen LogP contribution in [-0.2, 0) is 15.0 Å². The second-order valence-corrected chi connectivity index (χ2v) is 8.86. The highest BCUT2D eigenvalue weighted by Gasteiger charge is 2.30. The molecule has 1 aliphatic rings. The molecule has 0 radical (unpaired) electrons. The Bertz CT molecular complexity index is 708. The Labute approximate surface area is 158 Å². The molecule has 0 bridgehead atoms. The normalized spacial score (nSPS) is 17.9. The Morgan fingerprint density at radius 1 is 1.35 bits per heavy atom. The first-order chi connectivity index (χ1) is 12.0. The number of likely N-dealkylation sites (tertiary alicyclic amines) is 1. The molecule has 1 saturated heterocycles. The van der Waals surface area contributed by atoms with E-state index in [-0.39, 0.29) is 30.3 Å². The van der Waals surface area contributed by atoms with Crippen LogP contribution < -0.4 is 0 Å². The largest absolute Gasteiger partial charge is 0.481 e. The Hall–Kier alpha value is -1.96. The van der Waals surface area contributed by atoms with Gasteiger partial charge in [-0.15, -0.1) is 11.3 Å². The van der Waals surface area contributed by atoms with E-state index in [1.165, 1.54) is 16.2 Å². The maximum atomic E-state index is 12.7. The van der Waals surface area contributed by atoms with Crippen LogP contribution in [0.4, 0.5) is 0 Å². The van der Waals surface area contributed by atoms with Crippen LogP contribution in [-0.4, -0.2) is 64.4 Å². The summed E-state index contributed by atoms with van der Waals surface area (Å²) in [7, 11) is 1.59. The SMILES string of the molecule is Cc1nc(C(C)(C)C)sc1C(=O)N(C)CC(=O)N1CCCC(C(=O)O)C1. The van der Waals surface area contributed by atoms with E-state index in [0.29, 0.717) is 30.0 Å². The fraction of sp³-hybridized carbons (Fsp3) is 0.667. The number of aryl methyl sites for hydroxylation is 1. The molecule has 144 valence electrons. The number of thiazole rings is 1. The lowest BCUT2D eigenvalue weighted by molar-refractivity contribution is -0.145. The number of aromatic nitrogens is 1. The average molecular weight is 381 g/mol. The Kier molecular flexibility index (Phi) is 6.05. The van der Waals surface area contributed by atoms with Crippen molar-refractivity contribution in [1.82, 2.24) is 14.8 Å². The first-order valence-corrected chi connectivity index (χ1v) is 9.56. The van der Waals surface area contributed by atoms with Gasteiger partial charge < -0.3 is 14.9 Å². The van der Waals surface area contributed by atoms with Crippen LogP contribution in [0.1, 0.15) is 54.0 Å². The fourth-order valence-electron chi connectivity index (χ4n) is 2.87. The van der Waals surface area contributed by atoms with Crippen molar-refractivity contribution in [3.8, 4) is 0 Å². The van der Waals surface area contributed by atoms with Gasteiger partial charge in [0.25, 0.3) is 5.91 Å². The number of amides is 2. The van der Waals surface area contributed by atoms with Crippen LogP contribution in [0.5, 0.6) is 0 Å². The lowest BCUT2D eigenvalue weighted by atomic mass is 9.98. The smallest absolute Gasteiger partial charge is 0.308 e. The van der Waals surface area contributed by atoms with Crippen LogP contribution in [0.15, 0.2) is 0 Å². The van der Waals surface area contributed by atoms with Crippen LogP contribution in [0.25, 0.3) is 0 Å². The summed E-state index contributed by atoms with van der Waals surface area (Å²) < 4.78 is 0. The molecule has 2 rings (SSSR count). The molecule has 1 aromatic heterocycles. The summed E-state index contributed by atoms with van der Waals surface area (Å²) in [5.41, 5.74) is 0.537. The molecule has 8 heteroatoms. The van der Waals surface area contributed by atoms with E-state index < -0.39 is 11.9 Å². The molecule has 2 heterocycles. The first-order valence-electron chi connectivity index (χ1n) is 8.74. The molecular formula is C18H27N3O4S. The van der Waals surface area contributed by atoms with E-state index in [4.69, 9.17) is 5.11 Å². The molecule has 1 aliphatic heterocycles. The number of carbonyl (C=O) groups excluding carboxylic acids is 2. The molecule has 2 amide bonds. The second kappa shape index (κ2) is 7.73. The van der Waals surface area contributed by atoms with Gasteiger partial charge in [0.15, 0.2) is 0 Å². The van der Waals surface area contributed by atoms with Gasteiger partial charge in [-0.3, -0.25) is 14.4 Å². The predicted octanol–water partition coefficient (Wildman–Crippen LogP) is 2.14. The molecule has 0 saturated carbocycles. The third kappa shape index (κ3) is 4.60. The zero-order valence-electron chi connectivity index (χ0n) is 16.0. The summed E-state index contributed by atoms with van der Waals surface area (Å²) in [6.45, 7) is 8.62. The number of likely N-dealkylation sites (N-methyl/N-ethyl adjacent to an activating group) is 1. The summed E-state index contributed by atoms with van der Waals surface area (Å²) in [4.78, 5) is 44.3. The molecular weight excluding hydrogens is 354 g/mol. The third-order valence-corrected chi connectivity index (χ3v) is 6.05. The highest BCUT2D eigenvalue weighted by molar-refractivity contribution is 7.14. The molecule has 0 spiro atoms. The van der Waals surface area contributed by atoms with E-state index in [1.54, 1.807) is 18.9 Å².